The molecule has 110 valence electrons. The van der Waals surface area contributed by atoms with Gasteiger partial charge in [-0.1, -0.05) is 12.1 Å². The number of rotatable bonds is 4. The van der Waals surface area contributed by atoms with Crippen molar-refractivity contribution < 1.29 is 9.72 Å². The topological polar surface area (TPSA) is 101 Å². The molecule has 7 nitrogen and oxygen atoms in total. The quantitative estimate of drug-likeness (QED) is 0.570. The van der Waals surface area contributed by atoms with Gasteiger partial charge in [0.1, 0.15) is 0 Å². The molecule has 22 heavy (non-hydrogen) atoms. The second-order valence-corrected chi connectivity index (χ2v) is 4.78. The average molecular weight is 296 g/mol. The van der Waals surface area contributed by atoms with Gasteiger partial charge in [0.05, 0.1) is 16.6 Å². The summed E-state index contributed by atoms with van der Waals surface area (Å²) in [5.74, 6) is -0.207. The number of amides is 1. The molecule has 0 saturated heterocycles. The van der Waals surface area contributed by atoms with Gasteiger partial charge in [-0.2, -0.15) is 5.10 Å². The van der Waals surface area contributed by atoms with Crippen LogP contribution in [0.2, 0.25) is 0 Å². The molecule has 0 bridgehead atoms. The molecule has 1 amide bonds. The van der Waals surface area contributed by atoms with Crippen LogP contribution in [0, 0.1) is 10.1 Å². The first-order valence-corrected chi connectivity index (χ1v) is 6.58. The van der Waals surface area contributed by atoms with Crippen molar-refractivity contribution in [2.45, 2.75) is 6.54 Å². The van der Waals surface area contributed by atoms with E-state index in [1.165, 1.54) is 12.1 Å². The fourth-order valence-corrected chi connectivity index (χ4v) is 2.10. The lowest BCUT2D eigenvalue weighted by molar-refractivity contribution is -0.384. The number of hydrogen-bond donors (Lipinski definition) is 2. The largest absolute Gasteiger partial charge is 0.348 e. The van der Waals surface area contributed by atoms with Gasteiger partial charge in [0, 0.05) is 29.6 Å². The lowest BCUT2D eigenvalue weighted by Gasteiger charge is -2.05. The Bertz CT molecular complexity index is 839. The number of nitrogens with zero attached hydrogens (tertiary/aromatic N) is 2. The van der Waals surface area contributed by atoms with Crippen LogP contribution in [0.3, 0.4) is 0 Å². The number of fused-ring (bicyclic) bond motifs is 1. The van der Waals surface area contributed by atoms with E-state index in [1.54, 1.807) is 36.5 Å². The third kappa shape index (κ3) is 2.78. The minimum absolute atomic E-state index is 0.0282. The van der Waals surface area contributed by atoms with Gasteiger partial charge in [0.2, 0.25) is 0 Å². The molecule has 2 N–H and O–H groups in total. The summed E-state index contributed by atoms with van der Waals surface area (Å²) in [5, 5.41) is 20.9. The Labute approximate surface area is 125 Å². The minimum atomic E-state index is -0.456. The number of nitro benzene ring substituents is 1. The number of aromatic amines is 1. The fourth-order valence-electron chi connectivity index (χ4n) is 2.10. The van der Waals surface area contributed by atoms with Gasteiger partial charge in [-0.15, -0.1) is 0 Å². The van der Waals surface area contributed by atoms with Crippen molar-refractivity contribution in [3.8, 4) is 0 Å². The number of nitro groups is 1. The molecule has 7 heteroatoms. The zero-order valence-corrected chi connectivity index (χ0v) is 11.4. The summed E-state index contributed by atoms with van der Waals surface area (Å²) in [6.45, 7) is 0.306. The Morgan fingerprint density at radius 2 is 2.00 bits per heavy atom. The van der Waals surface area contributed by atoms with Crippen molar-refractivity contribution in [3.63, 3.8) is 0 Å². The lowest BCUT2D eigenvalue weighted by Crippen LogP contribution is -2.22. The van der Waals surface area contributed by atoms with Crippen molar-refractivity contribution in [1.82, 2.24) is 15.5 Å². The van der Waals surface area contributed by atoms with E-state index in [0.717, 1.165) is 16.5 Å². The van der Waals surface area contributed by atoms with Crippen LogP contribution in [-0.2, 0) is 6.54 Å². The molecule has 0 fully saturated rings. The highest BCUT2D eigenvalue weighted by Gasteiger charge is 2.08. The molecule has 3 aromatic rings. The number of carbonyl (C=O) groups excluding carboxylic acids is 1. The van der Waals surface area contributed by atoms with Gasteiger partial charge >= 0.3 is 0 Å². The molecule has 2 aromatic carbocycles. The van der Waals surface area contributed by atoms with E-state index < -0.39 is 4.92 Å². The summed E-state index contributed by atoms with van der Waals surface area (Å²) in [6, 6.07) is 11.3. The first kappa shape index (κ1) is 13.7. The number of non-ortho nitro benzene ring substituents is 1. The molecule has 0 aliphatic heterocycles. The lowest BCUT2D eigenvalue weighted by atomic mass is 10.1. The first-order valence-electron chi connectivity index (χ1n) is 6.58. The maximum absolute atomic E-state index is 12.1. The highest BCUT2D eigenvalue weighted by Crippen LogP contribution is 2.14. The second kappa shape index (κ2) is 5.65. The third-order valence-electron chi connectivity index (χ3n) is 3.30. The van der Waals surface area contributed by atoms with Crippen LogP contribution in [0.25, 0.3) is 10.9 Å². The average Bonchev–Trinajstić information content (AvgIpc) is 3.00. The fraction of sp³-hybridized carbons (Fsp3) is 0.0667. The molecular weight excluding hydrogens is 284 g/mol. The number of benzene rings is 2. The summed E-state index contributed by atoms with van der Waals surface area (Å²) in [5.41, 5.74) is 2.23. The van der Waals surface area contributed by atoms with E-state index >= 15 is 0 Å². The summed E-state index contributed by atoms with van der Waals surface area (Å²) in [6.07, 6.45) is 1.66. The van der Waals surface area contributed by atoms with Gasteiger partial charge in [0.15, 0.2) is 0 Å². The molecule has 0 aliphatic rings. The van der Waals surface area contributed by atoms with Crippen LogP contribution in [0.5, 0.6) is 0 Å². The van der Waals surface area contributed by atoms with Gasteiger partial charge in [-0.25, -0.2) is 0 Å². The predicted octanol–water partition coefficient (Wildman–Crippen LogP) is 2.40. The van der Waals surface area contributed by atoms with E-state index in [9.17, 15) is 14.9 Å². The first-order chi connectivity index (χ1) is 10.6. The van der Waals surface area contributed by atoms with E-state index in [2.05, 4.69) is 15.5 Å². The van der Waals surface area contributed by atoms with E-state index in [1.807, 2.05) is 0 Å². The summed E-state index contributed by atoms with van der Waals surface area (Å²) in [4.78, 5) is 22.2. The number of carbonyl (C=O) groups is 1. The van der Waals surface area contributed by atoms with Crippen LogP contribution in [0.4, 0.5) is 5.69 Å². The minimum Gasteiger partial charge on any atom is -0.348 e. The normalized spacial score (nSPS) is 10.5. The smallest absolute Gasteiger partial charge is 0.269 e. The Balaban J connectivity index is 1.67. The van der Waals surface area contributed by atoms with Crippen molar-refractivity contribution in [2.75, 3.05) is 0 Å². The Morgan fingerprint density at radius 3 is 2.73 bits per heavy atom. The zero-order chi connectivity index (χ0) is 15.5. The van der Waals surface area contributed by atoms with Gasteiger partial charge in [0.25, 0.3) is 11.6 Å². The number of nitrogens with one attached hydrogen (secondary N) is 2. The molecule has 0 aliphatic carbocycles. The third-order valence-corrected chi connectivity index (χ3v) is 3.30. The number of aromatic nitrogens is 2. The highest BCUT2D eigenvalue weighted by molar-refractivity contribution is 5.97. The van der Waals surface area contributed by atoms with Crippen molar-refractivity contribution in [2.24, 2.45) is 0 Å². The molecule has 0 atom stereocenters. The maximum atomic E-state index is 12.1. The molecule has 3 rings (SSSR count). The SMILES string of the molecule is O=C(NCc1ccc([N+](=O)[O-])cc1)c1ccc2[nH]ncc2c1. The van der Waals surface area contributed by atoms with Crippen LogP contribution in [0.15, 0.2) is 48.7 Å². The Hall–Kier alpha value is -3.22. The molecule has 0 saturated carbocycles. The summed E-state index contributed by atoms with van der Waals surface area (Å²) in [7, 11) is 0. The highest BCUT2D eigenvalue weighted by atomic mass is 16.6. The Kier molecular flexibility index (Phi) is 3.53. The molecule has 0 spiro atoms. The van der Waals surface area contributed by atoms with Gasteiger partial charge in [-0.05, 0) is 23.8 Å². The van der Waals surface area contributed by atoms with Crippen LogP contribution >= 0.6 is 0 Å². The Morgan fingerprint density at radius 1 is 1.23 bits per heavy atom. The maximum Gasteiger partial charge on any atom is 0.269 e. The molecule has 1 aromatic heterocycles. The van der Waals surface area contributed by atoms with Crippen molar-refractivity contribution >= 4 is 22.5 Å². The molecule has 0 radical (unpaired) electrons. The number of H-pyrrole nitrogens is 1. The monoisotopic (exact) mass is 296 g/mol. The van der Waals surface area contributed by atoms with Gasteiger partial charge < -0.3 is 5.32 Å². The summed E-state index contributed by atoms with van der Waals surface area (Å²) < 4.78 is 0. The van der Waals surface area contributed by atoms with Crippen molar-refractivity contribution in [1.29, 1.82) is 0 Å². The van der Waals surface area contributed by atoms with E-state index in [-0.39, 0.29) is 11.6 Å². The summed E-state index contributed by atoms with van der Waals surface area (Å²) >= 11 is 0. The molecular formula is C15H12N4O3. The second-order valence-electron chi connectivity index (χ2n) is 4.78. The standard InChI is InChI=1S/C15H12N4O3/c20-15(11-3-6-14-12(7-11)9-17-18-14)16-8-10-1-4-13(5-2-10)19(21)22/h1-7,9H,8H2,(H,16,20)(H,17,18). The van der Waals surface area contributed by atoms with Crippen molar-refractivity contribution in [3.05, 3.63) is 69.9 Å². The molecule has 0 unspecified atom stereocenters. The van der Waals surface area contributed by atoms with E-state index in [0.29, 0.717) is 12.1 Å². The van der Waals surface area contributed by atoms with E-state index in [4.69, 9.17) is 0 Å². The van der Waals surface area contributed by atoms with Gasteiger partial charge in [-0.3, -0.25) is 20.0 Å². The zero-order valence-electron chi connectivity index (χ0n) is 11.4. The van der Waals surface area contributed by atoms with Crippen LogP contribution < -0.4 is 5.32 Å². The van der Waals surface area contributed by atoms with Crippen LogP contribution in [0.1, 0.15) is 15.9 Å². The molecule has 1 heterocycles. The predicted molar refractivity (Wildman–Crippen MR) is 80.4 cm³/mol. The number of hydrogen-bond acceptors (Lipinski definition) is 4. The van der Waals surface area contributed by atoms with Crippen LogP contribution in [-0.4, -0.2) is 21.0 Å².